The third-order valence-electron chi connectivity index (χ3n) is 2.79. The van der Waals surface area contributed by atoms with Crippen molar-refractivity contribution < 1.29 is 0 Å². The van der Waals surface area contributed by atoms with Gasteiger partial charge in [-0.3, -0.25) is 9.58 Å². The summed E-state index contributed by atoms with van der Waals surface area (Å²) in [6.45, 7) is 11.6. The second-order valence-corrected chi connectivity index (χ2v) is 4.12. The minimum Gasteiger partial charge on any atom is -0.316 e. The number of aryl methyl sites for hydroxylation is 2. The van der Waals surface area contributed by atoms with Crippen molar-refractivity contribution in [3.8, 4) is 0 Å². The van der Waals surface area contributed by atoms with Gasteiger partial charge in [0.15, 0.2) is 0 Å². The molecular formula is C12H24N4. The van der Waals surface area contributed by atoms with Gasteiger partial charge in [-0.15, -0.1) is 0 Å². The van der Waals surface area contributed by atoms with Gasteiger partial charge in [0.05, 0.1) is 11.4 Å². The molecule has 0 aliphatic heterocycles. The molecule has 92 valence electrons. The van der Waals surface area contributed by atoms with Crippen LogP contribution in [0, 0.1) is 6.92 Å². The molecule has 0 fully saturated rings. The standard InChI is InChI=1S/C12H24N4/c1-5-13-7-8-16(6-2)10-12-9-11(3)14-15(12)4/h9,13H,5-8,10H2,1-4H3. The summed E-state index contributed by atoms with van der Waals surface area (Å²) >= 11 is 0. The quantitative estimate of drug-likeness (QED) is 0.706. The summed E-state index contributed by atoms with van der Waals surface area (Å²) in [6.07, 6.45) is 0. The van der Waals surface area contributed by atoms with Crippen molar-refractivity contribution in [1.82, 2.24) is 20.0 Å². The van der Waals surface area contributed by atoms with Crippen LogP contribution in [0.3, 0.4) is 0 Å². The Morgan fingerprint density at radius 2 is 2.19 bits per heavy atom. The lowest BCUT2D eigenvalue weighted by molar-refractivity contribution is 0.272. The van der Waals surface area contributed by atoms with Gasteiger partial charge in [0.25, 0.3) is 0 Å². The third kappa shape index (κ3) is 3.94. The van der Waals surface area contributed by atoms with Crippen LogP contribution >= 0.6 is 0 Å². The van der Waals surface area contributed by atoms with Crippen molar-refractivity contribution in [1.29, 1.82) is 0 Å². The van der Waals surface area contributed by atoms with Gasteiger partial charge in [-0.1, -0.05) is 13.8 Å². The molecular weight excluding hydrogens is 200 g/mol. The lowest BCUT2D eigenvalue weighted by Gasteiger charge is -2.20. The van der Waals surface area contributed by atoms with Crippen molar-refractivity contribution >= 4 is 0 Å². The first-order chi connectivity index (χ1) is 7.67. The first-order valence-corrected chi connectivity index (χ1v) is 6.10. The fourth-order valence-electron chi connectivity index (χ4n) is 1.80. The monoisotopic (exact) mass is 224 g/mol. The molecule has 16 heavy (non-hydrogen) atoms. The number of hydrogen-bond donors (Lipinski definition) is 1. The summed E-state index contributed by atoms with van der Waals surface area (Å²) in [7, 11) is 2.01. The molecule has 0 saturated carbocycles. The van der Waals surface area contributed by atoms with Gasteiger partial charge in [0.2, 0.25) is 0 Å². The summed E-state index contributed by atoms with van der Waals surface area (Å²) in [6, 6.07) is 2.16. The summed E-state index contributed by atoms with van der Waals surface area (Å²) in [4.78, 5) is 2.43. The van der Waals surface area contributed by atoms with Gasteiger partial charge in [-0.2, -0.15) is 5.10 Å². The Labute approximate surface area is 98.6 Å². The van der Waals surface area contributed by atoms with E-state index in [0.29, 0.717) is 0 Å². The first-order valence-electron chi connectivity index (χ1n) is 6.10. The Kier molecular flexibility index (Phi) is 5.49. The second-order valence-electron chi connectivity index (χ2n) is 4.12. The number of hydrogen-bond acceptors (Lipinski definition) is 3. The van der Waals surface area contributed by atoms with E-state index in [-0.39, 0.29) is 0 Å². The molecule has 0 amide bonds. The van der Waals surface area contributed by atoms with E-state index in [4.69, 9.17) is 0 Å². The molecule has 0 aliphatic carbocycles. The van der Waals surface area contributed by atoms with Crippen LogP contribution in [-0.4, -0.2) is 40.9 Å². The van der Waals surface area contributed by atoms with Crippen LogP contribution in [0.15, 0.2) is 6.07 Å². The highest BCUT2D eigenvalue weighted by Gasteiger charge is 2.07. The van der Waals surface area contributed by atoms with E-state index < -0.39 is 0 Å². The minimum atomic E-state index is 0.985. The molecule has 1 heterocycles. The largest absolute Gasteiger partial charge is 0.316 e. The Hall–Kier alpha value is -0.870. The number of likely N-dealkylation sites (N-methyl/N-ethyl adjacent to an activating group) is 2. The number of rotatable bonds is 7. The minimum absolute atomic E-state index is 0.985. The van der Waals surface area contributed by atoms with Crippen LogP contribution < -0.4 is 5.32 Å². The van der Waals surface area contributed by atoms with E-state index in [9.17, 15) is 0 Å². The number of nitrogens with one attached hydrogen (secondary N) is 1. The van der Waals surface area contributed by atoms with Crippen LogP contribution in [-0.2, 0) is 13.6 Å². The lowest BCUT2D eigenvalue weighted by atomic mass is 10.3. The van der Waals surface area contributed by atoms with Crippen LogP contribution in [0.5, 0.6) is 0 Å². The highest BCUT2D eigenvalue weighted by molar-refractivity contribution is 5.08. The Morgan fingerprint density at radius 3 is 2.69 bits per heavy atom. The van der Waals surface area contributed by atoms with Gasteiger partial charge in [-0.05, 0) is 26.1 Å². The summed E-state index contributed by atoms with van der Waals surface area (Å²) < 4.78 is 1.98. The predicted molar refractivity (Wildman–Crippen MR) is 67.4 cm³/mol. The lowest BCUT2D eigenvalue weighted by Crippen LogP contribution is -2.32. The normalized spacial score (nSPS) is 11.3. The van der Waals surface area contributed by atoms with Crippen molar-refractivity contribution in [3.63, 3.8) is 0 Å². The average Bonchev–Trinajstić information content (AvgIpc) is 2.56. The van der Waals surface area contributed by atoms with Gasteiger partial charge in [0, 0.05) is 26.7 Å². The van der Waals surface area contributed by atoms with Crippen LogP contribution in [0.2, 0.25) is 0 Å². The molecule has 0 spiro atoms. The van der Waals surface area contributed by atoms with E-state index in [0.717, 1.165) is 38.4 Å². The van der Waals surface area contributed by atoms with Gasteiger partial charge < -0.3 is 5.32 Å². The molecule has 1 N–H and O–H groups in total. The van der Waals surface area contributed by atoms with Crippen molar-refractivity contribution in [3.05, 3.63) is 17.5 Å². The van der Waals surface area contributed by atoms with E-state index in [1.807, 2.05) is 18.7 Å². The fraction of sp³-hybridized carbons (Fsp3) is 0.750. The molecule has 1 aromatic rings. The summed E-state index contributed by atoms with van der Waals surface area (Å²) in [5.74, 6) is 0. The maximum absolute atomic E-state index is 4.37. The number of aromatic nitrogens is 2. The first kappa shape index (κ1) is 13.2. The van der Waals surface area contributed by atoms with Crippen molar-refractivity contribution in [2.45, 2.75) is 27.3 Å². The predicted octanol–water partition coefficient (Wildman–Crippen LogP) is 1.16. The molecule has 1 aromatic heterocycles. The zero-order chi connectivity index (χ0) is 12.0. The van der Waals surface area contributed by atoms with Crippen LogP contribution in [0.1, 0.15) is 25.2 Å². The third-order valence-corrected chi connectivity index (χ3v) is 2.79. The van der Waals surface area contributed by atoms with Gasteiger partial charge in [0.1, 0.15) is 0 Å². The molecule has 0 aromatic carbocycles. The van der Waals surface area contributed by atoms with E-state index in [1.165, 1.54) is 5.69 Å². The molecule has 4 heteroatoms. The van der Waals surface area contributed by atoms with Crippen molar-refractivity contribution in [2.75, 3.05) is 26.2 Å². The maximum atomic E-state index is 4.37. The van der Waals surface area contributed by atoms with Gasteiger partial charge in [-0.25, -0.2) is 0 Å². The van der Waals surface area contributed by atoms with Crippen LogP contribution in [0.4, 0.5) is 0 Å². The topological polar surface area (TPSA) is 33.1 Å². The zero-order valence-electron chi connectivity index (χ0n) is 11.0. The van der Waals surface area contributed by atoms with Crippen molar-refractivity contribution in [2.24, 2.45) is 7.05 Å². The maximum Gasteiger partial charge on any atom is 0.0597 e. The molecule has 4 nitrogen and oxygen atoms in total. The highest BCUT2D eigenvalue weighted by Crippen LogP contribution is 2.05. The molecule has 0 saturated heterocycles. The molecule has 0 unspecified atom stereocenters. The Morgan fingerprint density at radius 1 is 1.44 bits per heavy atom. The molecule has 0 aliphatic rings. The number of nitrogens with zero attached hydrogens (tertiary/aromatic N) is 3. The molecule has 1 rings (SSSR count). The zero-order valence-corrected chi connectivity index (χ0v) is 11.0. The van der Waals surface area contributed by atoms with E-state index in [2.05, 4.69) is 35.2 Å². The smallest absolute Gasteiger partial charge is 0.0597 e. The molecule has 0 bridgehead atoms. The fourth-order valence-corrected chi connectivity index (χ4v) is 1.80. The Balaban J connectivity index is 2.46. The van der Waals surface area contributed by atoms with E-state index in [1.54, 1.807) is 0 Å². The molecule has 0 atom stereocenters. The summed E-state index contributed by atoms with van der Waals surface area (Å²) in [5.41, 5.74) is 2.39. The molecule has 0 radical (unpaired) electrons. The van der Waals surface area contributed by atoms with E-state index >= 15 is 0 Å². The average molecular weight is 224 g/mol. The second kappa shape index (κ2) is 6.66. The Bertz CT molecular complexity index is 306. The highest BCUT2D eigenvalue weighted by atomic mass is 15.3. The van der Waals surface area contributed by atoms with Gasteiger partial charge >= 0.3 is 0 Å². The SMILES string of the molecule is CCNCCN(CC)Cc1cc(C)nn1C. The summed E-state index contributed by atoms with van der Waals surface area (Å²) in [5, 5.41) is 7.72. The van der Waals surface area contributed by atoms with Crippen LogP contribution in [0.25, 0.3) is 0 Å².